The first-order valence-corrected chi connectivity index (χ1v) is 7.62. The molecular formula is C14H15N5S. The predicted molar refractivity (Wildman–Crippen MR) is 82.1 cm³/mol. The fourth-order valence-electron chi connectivity index (χ4n) is 2.01. The summed E-state index contributed by atoms with van der Waals surface area (Å²) in [4.78, 5) is 8.88. The van der Waals surface area contributed by atoms with E-state index in [2.05, 4.69) is 49.7 Å². The average Bonchev–Trinajstić information content (AvgIpc) is 2.96. The fraction of sp³-hybridized carbons (Fsp3) is 0.214. The number of hydrogen-bond donors (Lipinski definition) is 2. The van der Waals surface area contributed by atoms with E-state index in [-0.39, 0.29) is 0 Å². The summed E-state index contributed by atoms with van der Waals surface area (Å²) in [5.74, 6) is 0.837. The quantitative estimate of drug-likeness (QED) is 0.557. The van der Waals surface area contributed by atoms with Gasteiger partial charge in [-0.15, -0.1) is 0 Å². The smallest absolute Gasteiger partial charge is 0.191 e. The molecule has 1 aromatic carbocycles. The van der Waals surface area contributed by atoms with E-state index >= 15 is 0 Å². The molecule has 6 heteroatoms. The molecule has 0 amide bonds. The molecule has 0 aliphatic carbocycles. The fourth-order valence-corrected chi connectivity index (χ4v) is 2.38. The first-order chi connectivity index (χ1) is 9.86. The highest BCUT2D eigenvalue weighted by molar-refractivity contribution is 7.98. The van der Waals surface area contributed by atoms with Gasteiger partial charge in [0.15, 0.2) is 10.8 Å². The van der Waals surface area contributed by atoms with Crippen LogP contribution in [0.2, 0.25) is 0 Å². The van der Waals surface area contributed by atoms with E-state index in [1.807, 2.05) is 12.3 Å². The van der Waals surface area contributed by atoms with Crippen LogP contribution in [0.3, 0.4) is 0 Å². The van der Waals surface area contributed by atoms with Gasteiger partial charge in [0.25, 0.3) is 0 Å². The van der Waals surface area contributed by atoms with E-state index in [9.17, 15) is 0 Å². The molecule has 5 nitrogen and oxygen atoms in total. The Hall–Kier alpha value is -2.08. The number of thioether (sulfide) groups is 1. The summed E-state index contributed by atoms with van der Waals surface area (Å²) >= 11 is 1.52. The Labute approximate surface area is 121 Å². The maximum atomic E-state index is 4.50. The zero-order chi connectivity index (χ0) is 13.8. The summed E-state index contributed by atoms with van der Waals surface area (Å²) in [5, 5.41) is 12.0. The molecule has 0 saturated heterocycles. The summed E-state index contributed by atoms with van der Waals surface area (Å²) in [6.07, 6.45) is 4.67. The lowest BCUT2D eigenvalue weighted by molar-refractivity contribution is 0.956. The van der Waals surface area contributed by atoms with Crippen molar-refractivity contribution in [3.63, 3.8) is 0 Å². The van der Waals surface area contributed by atoms with Crippen LogP contribution in [0, 0.1) is 0 Å². The normalized spacial score (nSPS) is 10.8. The molecule has 3 rings (SSSR count). The Kier molecular flexibility index (Phi) is 3.83. The van der Waals surface area contributed by atoms with Crippen molar-refractivity contribution in [3.05, 3.63) is 42.1 Å². The highest BCUT2D eigenvalue weighted by Gasteiger charge is 2.08. The number of nitrogens with one attached hydrogen (secondary N) is 2. The van der Waals surface area contributed by atoms with Gasteiger partial charge in [0.1, 0.15) is 5.82 Å². The van der Waals surface area contributed by atoms with Gasteiger partial charge in [0.2, 0.25) is 0 Å². The van der Waals surface area contributed by atoms with Gasteiger partial charge >= 0.3 is 0 Å². The Morgan fingerprint density at radius 1 is 1.20 bits per heavy atom. The molecule has 0 fully saturated rings. The molecule has 0 radical (unpaired) electrons. The van der Waals surface area contributed by atoms with Crippen molar-refractivity contribution in [2.45, 2.75) is 11.6 Å². The standard InChI is InChI=1S/C14H15N5S/c1-20-14-17-12(11-9-16-19-13(11)18-14)15-8-7-10-5-3-2-4-6-10/h2-6,9H,7-8H2,1H3,(H2,15,16,17,18,19). The highest BCUT2D eigenvalue weighted by Crippen LogP contribution is 2.21. The Bertz CT molecular complexity index is 695. The Morgan fingerprint density at radius 3 is 2.85 bits per heavy atom. The Morgan fingerprint density at radius 2 is 2.05 bits per heavy atom. The summed E-state index contributed by atoms with van der Waals surface area (Å²) in [5.41, 5.74) is 2.08. The molecule has 20 heavy (non-hydrogen) atoms. The minimum absolute atomic E-state index is 0.740. The summed E-state index contributed by atoms with van der Waals surface area (Å²) < 4.78 is 0. The maximum Gasteiger partial charge on any atom is 0.191 e. The average molecular weight is 285 g/mol. The molecule has 0 aliphatic rings. The van der Waals surface area contributed by atoms with Gasteiger partial charge in [-0.25, -0.2) is 9.97 Å². The van der Waals surface area contributed by atoms with E-state index in [0.29, 0.717) is 0 Å². The molecule has 2 aromatic heterocycles. The molecule has 0 spiro atoms. The zero-order valence-electron chi connectivity index (χ0n) is 11.1. The summed E-state index contributed by atoms with van der Waals surface area (Å²) in [6.45, 7) is 0.828. The second kappa shape index (κ2) is 5.92. The molecule has 2 N–H and O–H groups in total. The second-order valence-electron chi connectivity index (χ2n) is 4.35. The number of anilines is 1. The number of rotatable bonds is 5. The van der Waals surface area contributed by atoms with Crippen molar-refractivity contribution in [1.29, 1.82) is 0 Å². The molecule has 0 atom stereocenters. The topological polar surface area (TPSA) is 66.5 Å². The first kappa shape index (κ1) is 12.9. The largest absolute Gasteiger partial charge is 0.369 e. The van der Waals surface area contributed by atoms with Crippen LogP contribution in [0.15, 0.2) is 41.7 Å². The molecule has 0 bridgehead atoms. The summed E-state index contributed by atoms with van der Waals surface area (Å²) in [6, 6.07) is 10.4. The van der Waals surface area contributed by atoms with Crippen molar-refractivity contribution in [1.82, 2.24) is 20.2 Å². The van der Waals surface area contributed by atoms with Crippen molar-refractivity contribution >= 4 is 28.6 Å². The molecule has 0 aliphatic heterocycles. The van der Waals surface area contributed by atoms with Crippen LogP contribution < -0.4 is 5.32 Å². The van der Waals surface area contributed by atoms with Crippen LogP contribution in [-0.2, 0) is 6.42 Å². The third-order valence-corrected chi connectivity index (χ3v) is 3.57. The number of nitrogens with zero attached hydrogens (tertiary/aromatic N) is 3. The monoisotopic (exact) mass is 285 g/mol. The molecular weight excluding hydrogens is 270 g/mol. The van der Waals surface area contributed by atoms with Gasteiger partial charge in [-0.3, -0.25) is 5.10 Å². The first-order valence-electron chi connectivity index (χ1n) is 6.40. The van der Waals surface area contributed by atoms with Crippen molar-refractivity contribution in [2.24, 2.45) is 0 Å². The third kappa shape index (κ3) is 2.75. The van der Waals surface area contributed by atoms with Crippen molar-refractivity contribution < 1.29 is 0 Å². The lowest BCUT2D eigenvalue weighted by Crippen LogP contribution is -2.07. The molecule has 102 valence electrons. The second-order valence-corrected chi connectivity index (χ2v) is 5.13. The van der Waals surface area contributed by atoms with Crippen LogP contribution in [0.4, 0.5) is 5.82 Å². The molecule has 0 saturated carbocycles. The van der Waals surface area contributed by atoms with E-state index in [1.54, 1.807) is 6.20 Å². The van der Waals surface area contributed by atoms with Crippen LogP contribution in [0.5, 0.6) is 0 Å². The van der Waals surface area contributed by atoms with Gasteiger partial charge in [-0.2, -0.15) is 5.10 Å². The van der Waals surface area contributed by atoms with Crippen molar-refractivity contribution in [3.8, 4) is 0 Å². The van der Waals surface area contributed by atoms with E-state index in [0.717, 1.165) is 35.0 Å². The van der Waals surface area contributed by atoms with Gasteiger partial charge in [-0.1, -0.05) is 42.1 Å². The number of aromatic nitrogens is 4. The van der Waals surface area contributed by atoms with Crippen LogP contribution in [0.25, 0.3) is 11.0 Å². The van der Waals surface area contributed by atoms with Crippen LogP contribution in [-0.4, -0.2) is 33.0 Å². The van der Waals surface area contributed by atoms with Gasteiger partial charge < -0.3 is 5.32 Å². The van der Waals surface area contributed by atoms with E-state index < -0.39 is 0 Å². The number of benzene rings is 1. The van der Waals surface area contributed by atoms with Gasteiger partial charge in [-0.05, 0) is 18.2 Å². The maximum absolute atomic E-state index is 4.50. The number of fused-ring (bicyclic) bond motifs is 1. The third-order valence-electron chi connectivity index (χ3n) is 3.02. The SMILES string of the molecule is CSc1nc(NCCc2ccccc2)c2cn[nH]c2n1. The predicted octanol–water partition coefficient (Wildman–Crippen LogP) is 2.73. The molecule has 2 heterocycles. The van der Waals surface area contributed by atoms with Crippen LogP contribution in [0.1, 0.15) is 5.56 Å². The van der Waals surface area contributed by atoms with Gasteiger partial charge in [0.05, 0.1) is 11.6 Å². The van der Waals surface area contributed by atoms with E-state index in [1.165, 1.54) is 17.3 Å². The Balaban J connectivity index is 1.75. The van der Waals surface area contributed by atoms with Crippen LogP contribution >= 0.6 is 11.8 Å². The number of H-pyrrole nitrogens is 1. The van der Waals surface area contributed by atoms with Gasteiger partial charge in [0, 0.05) is 6.54 Å². The number of hydrogen-bond acceptors (Lipinski definition) is 5. The van der Waals surface area contributed by atoms with E-state index in [4.69, 9.17) is 0 Å². The molecule has 0 unspecified atom stereocenters. The minimum Gasteiger partial charge on any atom is -0.369 e. The van der Waals surface area contributed by atoms with Crippen molar-refractivity contribution in [2.75, 3.05) is 18.1 Å². The highest BCUT2D eigenvalue weighted by atomic mass is 32.2. The molecule has 3 aromatic rings. The lowest BCUT2D eigenvalue weighted by atomic mass is 10.1. The summed E-state index contributed by atoms with van der Waals surface area (Å²) in [7, 11) is 0. The lowest BCUT2D eigenvalue weighted by Gasteiger charge is -2.07. The number of aromatic amines is 1. The minimum atomic E-state index is 0.740. The zero-order valence-corrected chi connectivity index (χ0v) is 11.9.